The number of benzene rings is 3. The van der Waals surface area contributed by atoms with Gasteiger partial charge in [0.15, 0.2) is 11.0 Å². The van der Waals surface area contributed by atoms with Crippen LogP contribution in [0.2, 0.25) is 10.0 Å². The van der Waals surface area contributed by atoms with Gasteiger partial charge >= 0.3 is 0 Å². The van der Waals surface area contributed by atoms with E-state index in [1.54, 1.807) is 18.2 Å². The maximum absolute atomic E-state index is 12.5. The molecule has 0 aliphatic carbocycles. The number of nitrogens with one attached hydrogen (secondary N) is 1. The van der Waals surface area contributed by atoms with Crippen molar-refractivity contribution in [2.45, 2.75) is 17.5 Å². The molecule has 2 aromatic heterocycles. The Labute approximate surface area is 203 Å². The van der Waals surface area contributed by atoms with Crippen molar-refractivity contribution in [3.63, 3.8) is 0 Å². The molecule has 0 bridgehead atoms. The third-order valence-corrected chi connectivity index (χ3v) is 6.52. The first-order valence-electron chi connectivity index (χ1n) is 10.1. The van der Waals surface area contributed by atoms with Gasteiger partial charge in [-0.2, -0.15) is 0 Å². The molecule has 164 valence electrons. The second-order valence-corrected chi connectivity index (χ2v) is 9.16. The normalized spacial score (nSPS) is 11.2. The van der Waals surface area contributed by atoms with Gasteiger partial charge in [-0.15, -0.1) is 10.2 Å². The van der Waals surface area contributed by atoms with Crippen LogP contribution in [0.25, 0.3) is 22.3 Å². The number of aromatic amines is 1. The molecule has 0 radical (unpaired) electrons. The Morgan fingerprint density at radius 3 is 2.45 bits per heavy atom. The van der Waals surface area contributed by atoms with E-state index < -0.39 is 0 Å². The van der Waals surface area contributed by atoms with Crippen molar-refractivity contribution >= 4 is 45.9 Å². The van der Waals surface area contributed by atoms with E-state index in [4.69, 9.17) is 23.2 Å². The fourth-order valence-corrected chi connectivity index (χ4v) is 4.58. The first-order valence-corrected chi connectivity index (χ1v) is 11.9. The lowest BCUT2D eigenvalue weighted by molar-refractivity contribution is 0.714. The minimum atomic E-state index is -0.195. The zero-order chi connectivity index (χ0) is 22.8. The summed E-state index contributed by atoms with van der Waals surface area (Å²) in [7, 11) is 0. The molecule has 0 spiro atoms. The van der Waals surface area contributed by atoms with Gasteiger partial charge in [-0.05, 0) is 48.0 Å². The third-order valence-electron chi connectivity index (χ3n) is 5.06. The number of thioether (sulfide) groups is 1. The first-order chi connectivity index (χ1) is 16.1. The highest BCUT2D eigenvalue weighted by Gasteiger charge is 2.16. The second-order valence-electron chi connectivity index (χ2n) is 7.35. The molecule has 2 heterocycles. The van der Waals surface area contributed by atoms with Crippen molar-refractivity contribution in [2.75, 3.05) is 0 Å². The molecule has 3 aromatic carbocycles. The molecule has 6 nitrogen and oxygen atoms in total. The Bertz CT molecular complexity index is 1480. The zero-order valence-electron chi connectivity index (χ0n) is 17.2. The van der Waals surface area contributed by atoms with Crippen molar-refractivity contribution in [1.29, 1.82) is 0 Å². The van der Waals surface area contributed by atoms with Gasteiger partial charge in [-0.25, -0.2) is 4.98 Å². The molecule has 0 amide bonds. The summed E-state index contributed by atoms with van der Waals surface area (Å²) < 4.78 is 2.05. The van der Waals surface area contributed by atoms with Gasteiger partial charge in [0.2, 0.25) is 0 Å². The number of aromatic nitrogens is 5. The summed E-state index contributed by atoms with van der Waals surface area (Å²) in [5.41, 5.74) is 2.41. The standard InChI is InChI=1S/C24H17Cl2N5OS/c25-17-8-6-16(7-9-17)22-29-30-24(31(22)13-15-4-2-1-3-5-15)33-14-21-27-20-12-18(26)10-11-19(20)23(32)28-21/h1-12H,13-14H2,(H,27,28,32). The maximum Gasteiger partial charge on any atom is 0.258 e. The summed E-state index contributed by atoms with van der Waals surface area (Å²) in [4.78, 5) is 19.9. The SMILES string of the molecule is O=c1[nH]c(CSc2nnc(-c3ccc(Cl)cc3)n2Cc2ccccc2)nc2cc(Cl)ccc12. The quantitative estimate of drug-likeness (QED) is 0.301. The Balaban J connectivity index is 1.48. The molecule has 0 unspecified atom stereocenters. The van der Waals surface area contributed by atoms with Crippen molar-refractivity contribution in [3.05, 3.63) is 105 Å². The van der Waals surface area contributed by atoms with Crippen molar-refractivity contribution in [2.24, 2.45) is 0 Å². The number of fused-ring (bicyclic) bond motifs is 1. The molecule has 33 heavy (non-hydrogen) atoms. The van der Waals surface area contributed by atoms with Crippen LogP contribution in [0.5, 0.6) is 0 Å². The number of halogens is 2. The highest BCUT2D eigenvalue weighted by Crippen LogP contribution is 2.28. The highest BCUT2D eigenvalue weighted by atomic mass is 35.5. The van der Waals surface area contributed by atoms with Crippen molar-refractivity contribution in [3.8, 4) is 11.4 Å². The van der Waals surface area contributed by atoms with E-state index in [1.807, 2.05) is 42.5 Å². The molecule has 1 N–H and O–H groups in total. The van der Waals surface area contributed by atoms with Crippen LogP contribution in [-0.2, 0) is 12.3 Å². The van der Waals surface area contributed by atoms with Gasteiger partial charge in [-0.1, -0.05) is 65.3 Å². The van der Waals surface area contributed by atoms with Crippen LogP contribution in [0.3, 0.4) is 0 Å². The largest absolute Gasteiger partial charge is 0.309 e. The van der Waals surface area contributed by atoms with E-state index >= 15 is 0 Å². The van der Waals surface area contributed by atoms with Crippen LogP contribution in [0.4, 0.5) is 0 Å². The maximum atomic E-state index is 12.5. The zero-order valence-corrected chi connectivity index (χ0v) is 19.5. The summed E-state index contributed by atoms with van der Waals surface area (Å²) in [5.74, 6) is 1.71. The minimum absolute atomic E-state index is 0.195. The summed E-state index contributed by atoms with van der Waals surface area (Å²) in [6.07, 6.45) is 0. The van der Waals surface area contributed by atoms with Crippen molar-refractivity contribution < 1.29 is 0 Å². The van der Waals surface area contributed by atoms with Gasteiger partial charge in [0.1, 0.15) is 5.82 Å². The van der Waals surface area contributed by atoms with E-state index in [-0.39, 0.29) is 5.56 Å². The molecule has 5 rings (SSSR count). The predicted molar refractivity (Wildman–Crippen MR) is 133 cm³/mol. The second kappa shape index (κ2) is 9.39. The highest BCUT2D eigenvalue weighted by molar-refractivity contribution is 7.98. The van der Waals surface area contributed by atoms with Crippen LogP contribution < -0.4 is 5.56 Å². The summed E-state index contributed by atoms with van der Waals surface area (Å²) in [6, 6.07) is 22.7. The van der Waals surface area contributed by atoms with Crippen LogP contribution in [-0.4, -0.2) is 24.7 Å². The molecule has 0 aliphatic rings. The topological polar surface area (TPSA) is 76.5 Å². The lowest BCUT2D eigenvalue weighted by atomic mass is 10.2. The predicted octanol–water partition coefficient (Wildman–Crippen LogP) is 5.83. The van der Waals surface area contributed by atoms with Gasteiger partial charge in [-0.3, -0.25) is 9.36 Å². The van der Waals surface area contributed by atoms with Crippen LogP contribution in [0.15, 0.2) is 82.7 Å². The lowest BCUT2D eigenvalue weighted by Gasteiger charge is -2.11. The molecular weight excluding hydrogens is 477 g/mol. The number of hydrogen-bond acceptors (Lipinski definition) is 5. The van der Waals surface area contributed by atoms with E-state index in [2.05, 4.69) is 36.9 Å². The summed E-state index contributed by atoms with van der Waals surface area (Å²) in [5, 5.41) is 11.3. The number of rotatable bonds is 6. The van der Waals surface area contributed by atoms with Crippen LogP contribution in [0.1, 0.15) is 11.4 Å². The van der Waals surface area contributed by atoms with E-state index in [9.17, 15) is 4.79 Å². The Morgan fingerprint density at radius 1 is 0.909 bits per heavy atom. The van der Waals surface area contributed by atoms with Crippen LogP contribution >= 0.6 is 35.0 Å². The number of H-pyrrole nitrogens is 1. The summed E-state index contributed by atoms with van der Waals surface area (Å²) in [6.45, 7) is 0.603. The Kier molecular flexibility index (Phi) is 6.17. The monoisotopic (exact) mass is 493 g/mol. The molecule has 0 saturated heterocycles. The molecule has 0 saturated carbocycles. The molecule has 0 fully saturated rings. The van der Waals surface area contributed by atoms with Gasteiger partial charge < -0.3 is 4.98 Å². The smallest absolute Gasteiger partial charge is 0.258 e. The number of nitrogens with zero attached hydrogens (tertiary/aromatic N) is 4. The van der Waals surface area contributed by atoms with Gasteiger partial charge in [0.25, 0.3) is 5.56 Å². The minimum Gasteiger partial charge on any atom is -0.309 e. The molecular formula is C24H17Cl2N5OS. The van der Waals surface area contributed by atoms with E-state index in [1.165, 1.54) is 11.8 Å². The fraction of sp³-hybridized carbons (Fsp3) is 0.0833. The van der Waals surface area contributed by atoms with Gasteiger partial charge in [0.05, 0.1) is 23.2 Å². The first kappa shape index (κ1) is 21.7. The fourth-order valence-electron chi connectivity index (χ4n) is 3.48. The number of hydrogen-bond donors (Lipinski definition) is 1. The Hall–Kier alpha value is -3.13. The Morgan fingerprint density at radius 2 is 1.67 bits per heavy atom. The summed E-state index contributed by atoms with van der Waals surface area (Å²) >= 11 is 13.6. The molecule has 9 heteroatoms. The average Bonchev–Trinajstić information content (AvgIpc) is 3.21. The van der Waals surface area contributed by atoms with E-state index in [0.29, 0.717) is 39.1 Å². The van der Waals surface area contributed by atoms with Crippen molar-refractivity contribution in [1.82, 2.24) is 24.7 Å². The van der Waals surface area contributed by atoms with Crippen LogP contribution in [0, 0.1) is 0 Å². The van der Waals surface area contributed by atoms with Gasteiger partial charge in [0, 0.05) is 15.6 Å². The average molecular weight is 494 g/mol. The third kappa shape index (κ3) is 4.80. The molecule has 0 atom stereocenters. The molecule has 5 aromatic rings. The van der Waals surface area contributed by atoms with E-state index in [0.717, 1.165) is 22.1 Å². The molecule has 0 aliphatic heterocycles. The lowest BCUT2D eigenvalue weighted by Crippen LogP contribution is -2.11.